The third-order valence-electron chi connectivity index (χ3n) is 4.29. The molecule has 3 unspecified atom stereocenters. The third-order valence-corrected chi connectivity index (χ3v) is 4.87. The maximum atomic E-state index is 6.36. The molecule has 1 aromatic rings. The molecule has 2 rings (SSSR count). The van der Waals surface area contributed by atoms with Crippen LogP contribution in [0.3, 0.4) is 0 Å². The molecule has 0 radical (unpaired) electrons. The molecule has 3 heteroatoms. The van der Waals surface area contributed by atoms with Gasteiger partial charge in [0, 0.05) is 16.1 Å². The van der Waals surface area contributed by atoms with Crippen molar-refractivity contribution in [3.8, 4) is 0 Å². The first kappa shape index (κ1) is 15.2. The zero-order valence-corrected chi connectivity index (χ0v) is 13.4. The maximum Gasteiger partial charge on any atom is 0.0454 e. The number of hydrogen-bond donors (Lipinski definition) is 1. The normalized spacial score (nSPS) is 29.2. The summed E-state index contributed by atoms with van der Waals surface area (Å²) in [6, 6.07) is 6.07. The molecule has 1 saturated carbocycles. The second kappa shape index (κ2) is 6.47. The van der Waals surface area contributed by atoms with E-state index in [0.717, 1.165) is 27.4 Å². The monoisotopic (exact) mass is 299 g/mol. The summed E-state index contributed by atoms with van der Waals surface area (Å²) in [5, 5.41) is 5.03. The van der Waals surface area contributed by atoms with Crippen LogP contribution in [0, 0.1) is 17.8 Å². The number of hydrogen-bond acceptors (Lipinski definition) is 1. The molecule has 1 aliphatic carbocycles. The second-order valence-corrected chi connectivity index (χ2v) is 6.95. The average molecular weight is 300 g/mol. The van der Waals surface area contributed by atoms with E-state index in [1.54, 1.807) is 0 Å². The summed E-state index contributed by atoms with van der Waals surface area (Å²) in [7, 11) is 2.02. The van der Waals surface area contributed by atoms with Crippen LogP contribution in [0.15, 0.2) is 18.2 Å². The molecule has 0 bridgehead atoms. The van der Waals surface area contributed by atoms with E-state index in [4.69, 9.17) is 23.2 Å². The Balaban J connectivity index is 2.26. The van der Waals surface area contributed by atoms with Gasteiger partial charge in [-0.15, -0.1) is 0 Å². The topological polar surface area (TPSA) is 12.0 Å². The largest absolute Gasteiger partial charge is 0.313 e. The zero-order chi connectivity index (χ0) is 14.0. The lowest BCUT2D eigenvalue weighted by Gasteiger charge is -2.37. The van der Waals surface area contributed by atoms with Crippen LogP contribution in [0.5, 0.6) is 0 Å². The lowest BCUT2D eigenvalue weighted by molar-refractivity contribution is 0.180. The fourth-order valence-electron chi connectivity index (χ4n) is 3.68. The molecule has 1 N–H and O–H groups in total. The van der Waals surface area contributed by atoms with E-state index in [1.807, 2.05) is 25.2 Å². The van der Waals surface area contributed by atoms with Crippen molar-refractivity contribution in [1.29, 1.82) is 0 Å². The quantitative estimate of drug-likeness (QED) is 0.796. The third kappa shape index (κ3) is 3.65. The van der Waals surface area contributed by atoms with Crippen LogP contribution in [0.25, 0.3) is 0 Å². The van der Waals surface area contributed by atoms with Crippen LogP contribution in [0.2, 0.25) is 10.0 Å². The summed E-state index contributed by atoms with van der Waals surface area (Å²) < 4.78 is 0. The van der Waals surface area contributed by atoms with Gasteiger partial charge < -0.3 is 5.32 Å². The summed E-state index contributed by atoms with van der Waals surface area (Å²) in [6.07, 6.45) is 3.87. The standard InChI is InChI=1S/C16H23Cl2N/c1-10-6-11(2)8-12(7-10)16(19-3)14-9-13(17)4-5-15(14)18/h4-5,9-12,16,19H,6-8H2,1-3H3. The van der Waals surface area contributed by atoms with E-state index in [2.05, 4.69) is 19.2 Å². The van der Waals surface area contributed by atoms with Crippen molar-refractivity contribution in [2.45, 2.75) is 39.2 Å². The highest BCUT2D eigenvalue weighted by Crippen LogP contribution is 2.41. The molecule has 1 nitrogen and oxygen atoms in total. The zero-order valence-electron chi connectivity index (χ0n) is 11.9. The Bertz CT molecular complexity index is 423. The van der Waals surface area contributed by atoms with Gasteiger partial charge in [0.2, 0.25) is 0 Å². The Morgan fingerprint density at radius 1 is 1.11 bits per heavy atom. The van der Waals surface area contributed by atoms with Crippen LogP contribution >= 0.6 is 23.2 Å². The van der Waals surface area contributed by atoms with Crippen molar-refractivity contribution in [3.63, 3.8) is 0 Å². The predicted octanol–water partition coefficient (Wildman–Crippen LogP) is 5.33. The second-order valence-electron chi connectivity index (χ2n) is 6.11. The average Bonchev–Trinajstić information content (AvgIpc) is 2.33. The Hall–Kier alpha value is -0.240. The highest BCUT2D eigenvalue weighted by atomic mass is 35.5. The molecule has 0 heterocycles. The van der Waals surface area contributed by atoms with Crippen molar-refractivity contribution in [2.75, 3.05) is 7.05 Å². The highest BCUT2D eigenvalue weighted by molar-refractivity contribution is 6.33. The van der Waals surface area contributed by atoms with Gasteiger partial charge in [-0.2, -0.15) is 0 Å². The first-order valence-electron chi connectivity index (χ1n) is 7.13. The van der Waals surface area contributed by atoms with Crippen LogP contribution < -0.4 is 5.32 Å². The van der Waals surface area contributed by atoms with E-state index in [9.17, 15) is 0 Å². The van der Waals surface area contributed by atoms with Gasteiger partial charge in [-0.25, -0.2) is 0 Å². The Morgan fingerprint density at radius 3 is 2.32 bits per heavy atom. The fraction of sp³-hybridized carbons (Fsp3) is 0.625. The van der Waals surface area contributed by atoms with Gasteiger partial charge in [-0.05, 0) is 67.8 Å². The number of nitrogens with one attached hydrogen (secondary N) is 1. The first-order valence-corrected chi connectivity index (χ1v) is 7.89. The summed E-state index contributed by atoms with van der Waals surface area (Å²) >= 11 is 12.5. The molecule has 1 aliphatic rings. The summed E-state index contributed by atoms with van der Waals surface area (Å²) in [5.41, 5.74) is 1.14. The van der Waals surface area contributed by atoms with E-state index >= 15 is 0 Å². The minimum atomic E-state index is 0.302. The van der Waals surface area contributed by atoms with Gasteiger partial charge in [-0.1, -0.05) is 37.0 Å². The number of rotatable bonds is 3. The smallest absolute Gasteiger partial charge is 0.0454 e. The van der Waals surface area contributed by atoms with E-state index < -0.39 is 0 Å². The van der Waals surface area contributed by atoms with Crippen molar-refractivity contribution in [3.05, 3.63) is 33.8 Å². The molecular formula is C16H23Cl2N. The fourth-order valence-corrected chi connectivity index (χ4v) is 4.10. The molecule has 19 heavy (non-hydrogen) atoms. The molecule has 0 saturated heterocycles. The summed E-state index contributed by atoms with van der Waals surface area (Å²) in [4.78, 5) is 0. The van der Waals surface area contributed by atoms with E-state index in [-0.39, 0.29) is 0 Å². The van der Waals surface area contributed by atoms with Crippen molar-refractivity contribution >= 4 is 23.2 Å². The Morgan fingerprint density at radius 2 is 1.74 bits per heavy atom. The molecule has 3 atom stereocenters. The maximum absolute atomic E-state index is 6.36. The van der Waals surface area contributed by atoms with Gasteiger partial charge in [0.1, 0.15) is 0 Å². The summed E-state index contributed by atoms with van der Waals surface area (Å²) in [5.74, 6) is 2.23. The van der Waals surface area contributed by atoms with Gasteiger partial charge in [0.15, 0.2) is 0 Å². The molecule has 1 aromatic carbocycles. The number of halogens is 2. The molecule has 1 fully saturated rings. The van der Waals surface area contributed by atoms with Crippen LogP contribution in [0.4, 0.5) is 0 Å². The van der Waals surface area contributed by atoms with E-state index in [1.165, 1.54) is 19.3 Å². The van der Waals surface area contributed by atoms with Gasteiger partial charge in [-0.3, -0.25) is 0 Å². The van der Waals surface area contributed by atoms with Crippen molar-refractivity contribution < 1.29 is 0 Å². The number of benzene rings is 1. The Labute approximate surface area is 126 Å². The highest BCUT2D eigenvalue weighted by Gasteiger charge is 2.31. The SMILES string of the molecule is CNC(c1cc(Cl)ccc1Cl)C1CC(C)CC(C)C1. The first-order chi connectivity index (χ1) is 9.01. The van der Waals surface area contributed by atoms with Crippen molar-refractivity contribution in [1.82, 2.24) is 5.32 Å². The predicted molar refractivity (Wildman–Crippen MR) is 83.9 cm³/mol. The molecule has 0 amide bonds. The molecule has 106 valence electrons. The lowest BCUT2D eigenvalue weighted by atomic mass is 9.72. The molecule has 0 spiro atoms. The molecule has 0 aliphatic heterocycles. The Kier molecular flexibility index (Phi) is 5.16. The van der Waals surface area contributed by atoms with Crippen LogP contribution in [-0.4, -0.2) is 7.05 Å². The minimum Gasteiger partial charge on any atom is -0.313 e. The van der Waals surface area contributed by atoms with Gasteiger partial charge in [0.25, 0.3) is 0 Å². The molecular weight excluding hydrogens is 277 g/mol. The lowest BCUT2D eigenvalue weighted by Crippen LogP contribution is -2.31. The van der Waals surface area contributed by atoms with Crippen LogP contribution in [0.1, 0.15) is 44.7 Å². The van der Waals surface area contributed by atoms with Gasteiger partial charge >= 0.3 is 0 Å². The minimum absolute atomic E-state index is 0.302. The summed E-state index contributed by atoms with van der Waals surface area (Å²) in [6.45, 7) is 4.71. The van der Waals surface area contributed by atoms with E-state index in [0.29, 0.717) is 12.0 Å². The van der Waals surface area contributed by atoms with Crippen molar-refractivity contribution in [2.24, 2.45) is 17.8 Å². The molecule has 0 aromatic heterocycles. The van der Waals surface area contributed by atoms with Gasteiger partial charge in [0.05, 0.1) is 0 Å². The van der Waals surface area contributed by atoms with Crippen LogP contribution in [-0.2, 0) is 0 Å².